The summed E-state index contributed by atoms with van der Waals surface area (Å²) in [4.78, 5) is 29.2. The molecule has 0 saturated carbocycles. The minimum atomic E-state index is -0.159. The van der Waals surface area contributed by atoms with Crippen molar-refractivity contribution in [1.29, 1.82) is 0 Å². The lowest BCUT2D eigenvalue weighted by Gasteiger charge is -2.22. The van der Waals surface area contributed by atoms with Crippen LogP contribution in [0.2, 0.25) is 0 Å². The molecule has 0 bridgehead atoms. The Morgan fingerprint density at radius 3 is 2.48 bits per heavy atom. The molecule has 4 aromatic rings. The van der Waals surface area contributed by atoms with Crippen molar-refractivity contribution < 1.29 is 9.53 Å². The van der Waals surface area contributed by atoms with Crippen molar-refractivity contribution >= 4 is 34.3 Å². The number of carbonyl (C=O) groups is 1. The fraction of sp³-hybridized carbons (Fsp3) is 0.351. The van der Waals surface area contributed by atoms with Crippen LogP contribution in [-0.2, 0) is 18.3 Å². The van der Waals surface area contributed by atoms with E-state index in [4.69, 9.17) is 15.5 Å². The van der Waals surface area contributed by atoms with Crippen LogP contribution in [0.1, 0.15) is 80.5 Å². The maximum atomic E-state index is 13.7. The van der Waals surface area contributed by atoms with Gasteiger partial charge in [0.05, 0.1) is 29.9 Å². The quantitative estimate of drug-likeness (QED) is 0.0509. The summed E-state index contributed by atoms with van der Waals surface area (Å²) < 4.78 is 7.54. The van der Waals surface area contributed by atoms with Crippen molar-refractivity contribution in [2.45, 2.75) is 65.3 Å². The number of allylic oxidation sites excluding steroid dienone is 1. The fourth-order valence-corrected chi connectivity index (χ4v) is 5.21. The van der Waals surface area contributed by atoms with Crippen LogP contribution in [-0.4, -0.2) is 39.4 Å². The summed E-state index contributed by atoms with van der Waals surface area (Å²) in [5, 5.41) is 3.44. The van der Waals surface area contributed by atoms with Crippen LogP contribution in [0.4, 0.5) is 11.5 Å². The number of pyridine rings is 1. The number of hydrogen-bond donors (Lipinski definition) is 2. The molecular weight excluding hydrogens is 574 g/mol. The number of nitrogens with two attached hydrogens (primary N) is 1. The molecule has 242 valence electrons. The summed E-state index contributed by atoms with van der Waals surface area (Å²) in [6, 6.07) is 19.0. The van der Waals surface area contributed by atoms with Gasteiger partial charge in [-0.25, -0.2) is 15.0 Å². The number of carbonyl (C=O) groups excluding carboxylic acids is 1. The Balaban J connectivity index is 1.41. The lowest BCUT2D eigenvalue weighted by atomic mass is 10.1. The Morgan fingerprint density at radius 2 is 1.76 bits per heavy atom. The average Bonchev–Trinajstić information content (AvgIpc) is 3.38. The molecule has 0 unspecified atom stereocenters. The second kappa shape index (κ2) is 17.0. The Kier molecular flexibility index (Phi) is 12.5. The first-order valence-corrected chi connectivity index (χ1v) is 16.2. The number of unbranched alkanes of at least 4 members (excludes halogenated alkanes) is 4. The number of hydrogen-bond acceptors (Lipinski definition) is 6. The van der Waals surface area contributed by atoms with Crippen LogP contribution >= 0.6 is 0 Å². The van der Waals surface area contributed by atoms with Crippen molar-refractivity contribution in [1.82, 2.24) is 14.5 Å². The number of amides is 1. The van der Waals surface area contributed by atoms with Gasteiger partial charge in [0.15, 0.2) is 0 Å². The van der Waals surface area contributed by atoms with E-state index in [0.717, 1.165) is 46.6 Å². The SMILES string of the molecule is C=C(CCCCCCC)N=C(N)c1ccc(NCc2nc3cc(C(=O)N(CCC(=C)OCC)c4ccccn4)ccc3n2C)cc1. The van der Waals surface area contributed by atoms with Crippen molar-refractivity contribution in [3.05, 3.63) is 108 Å². The van der Waals surface area contributed by atoms with Gasteiger partial charge in [0, 0.05) is 48.7 Å². The zero-order chi connectivity index (χ0) is 32.9. The first kappa shape index (κ1) is 34.0. The van der Waals surface area contributed by atoms with Crippen molar-refractivity contribution in [3.63, 3.8) is 0 Å². The Bertz CT molecular complexity index is 1640. The van der Waals surface area contributed by atoms with Crippen molar-refractivity contribution in [2.75, 3.05) is 23.4 Å². The number of aromatic nitrogens is 3. The molecule has 0 aliphatic heterocycles. The van der Waals surface area contributed by atoms with Crippen molar-refractivity contribution in [2.24, 2.45) is 17.8 Å². The van der Waals surface area contributed by atoms with Crippen molar-refractivity contribution in [3.8, 4) is 0 Å². The van der Waals surface area contributed by atoms with Gasteiger partial charge in [0.1, 0.15) is 17.5 Å². The number of nitrogens with one attached hydrogen (secondary N) is 1. The first-order valence-electron chi connectivity index (χ1n) is 16.2. The number of anilines is 2. The van der Waals surface area contributed by atoms with E-state index in [9.17, 15) is 4.79 Å². The maximum absolute atomic E-state index is 13.7. The van der Waals surface area contributed by atoms with E-state index in [2.05, 4.69) is 35.4 Å². The molecule has 2 aromatic heterocycles. The second-order valence-corrected chi connectivity index (χ2v) is 11.3. The number of nitrogens with zero attached hydrogens (tertiary/aromatic N) is 5. The van der Waals surface area contributed by atoms with Crippen LogP contribution in [0.3, 0.4) is 0 Å². The first-order chi connectivity index (χ1) is 22.3. The fourth-order valence-electron chi connectivity index (χ4n) is 5.21. The maximum Gasteiger partial charge on any atom is 0.259 e. The standard InChI is InChI=1S/C37H47N7O2/c1-6-8-9-10-11-14-27(3)41-36(38)29-16-19-31(20-17-29)40-26-35-42-32-25-30(18-21-33(32)43(35)5)37(45)44(24-22-28(4)46-7-2)34-15-12-13-23-39-34/h12-13,15-21,23,25,40H,3-4,6-11,14,22,24,26H2,1-2,5H3,(H2,38,41). The van der Waals surface area contributed by atoms with Gasteiger partial charge in [-0.05, 0) is 74.4 Å². The second-order valence-electron chi connectivity index (χ2n) is 11.3. The highest BCUT2D eigenvalue weighted by atomic mass is 16.5. The molecule has 3 N–H and O–H groups in total. The monoisotopic (exact) mass is 621 g/mol. The molecule has 0 radical (unpaired) electrons. The number of aryl methyl sites for hydroxylation is 1. The van der Waals surface area contributed by atoms with E-state index >= 15 is 0 Å². The topological polar surface area (TPSA) is 111 Å². The molecule has 1 amide bonds. The minimum absolute atomic E-state index is 0.159. The summed E-state index contributed by atoms with van der Waals surface area (Å²) in [5.41, 5.74) is 11.1. The van der Waals surface area contributed by atoms with Crippen LogP contribution in [0.15, 0.2) is 96.5 Å². The summed E-state index contributed by atoms with van der Waals surface area (Å²) >= 11 is 0. The molecule has 2 aromatic carbocycles. The smallest absolute Gasteiger partial charge is 0.259 e. The summed E-state index contributed by atoms with van der Waals surface area (Å²) in [6.07, 6.45) is 9.10. The van der Waals surface area contributed by atoms with Crippen LogP contribution in [0.5, 0.6) is 0 Å². The molecule has 0 saturated heterocycles. The van der Waals surface area contributed by atoms with Gasteiger partial charge >= 0.3 is 0 Å². The summed E-state index contributed by atoms with van der Waals surface area (Å²) in [6.45, 7) is 13.6. The predicted octanol–water partition coefficient (Wildman–Crippen LogP) is 7.75. The Morgan fingerprint density at radius 1 is 1.00 bits per heavy atom. The highest BCUT2D eigenvalue weighted by Gasteiger charge is 2.20. The number of rotatable bonds is 18. The van der Waals surface area contributed by atoms with E-state index in [1.807, 2.05) is 79.2 Å². The Labute approximate surface area is 272 Å². The third-order valence-electron chi connectivity index (χ3n) is 7.83. The van der Waals surface area contributed by atoms with E-state index in [1.165, 1.54) is 25.7 Å². The third kappa shape index (κ3) is 9.30. The molecule has 4 rings (SSSR count). The van der Waals surface area contributed by atoms with E-state index in [-0.39, 0.29) is 5.91 Å². The molecule has 0 atom stereocenters. The third-order valence-corrected chi connectivity index (χ3v) is 7.83. The highest BCUT2D eigenvalue weighted by Crippen LogP contribution is 2.22. The zero-order valence-electron chi connectivity index (χ0n) is 27.5. The van der Waals surface area contributed by atoms with Gasteiger partial charge in [0.2, 0.25) is 0 Å². The molecule has 46 heavy (non-hydrogen) atoms. The van der Waals surface area contributed by atoms with Crippen LogP contribution in [0, 0.1) is 0 Å². The van der Waals surface area contributed by atoms with Gasteiger partial charge in [-0.2, -0.15) is 0 Å². The number of imidazole rings is 1. The van der Waals surface area contributed by atoms with Gasteiger partial charge in [-0.15, -0.1) is 0 Å². The molecule has 2 heterocycles. The summed E-state index contributed by atoms with van der Waals surface area (Å²) in [7, 11) is 1.98. The zero-order valence-corrected chi connectivity index (χ0v) is 27.5. The average molecular weight is 622 g/mol. The number of benzene rings is 2. The largest absolute Gasteiger partial charge is 0.499 e. The summed E-state index contributed by atoms with van der Waals surface area (Å²) in [5.74, 6) is 2.37. The molecule has 9 nitrogen and oxygen atoms in total. The molecule has 0 aliphatic rings. The lowest BCUT2D eigenvalue weighted by Crippen LogP contribution is -2.33. The number of fused-ring (bicyclic) bond motifs is 1. The molecule has 0 aliphatic carbocycles. The Hall–Kier alpha value is -4.92. The van der Waals surface area contributed by atoms with E-state index < -0.39 is 0 Å². The van der Waals surface area contributed by atoms with Gasteiger partial charge in [0.25, 0.3) is 5.91 Å². The molecule has 0 spiro atoms. The normalized spacial score (nSPS) is 11.4. The minimum Gasteiger partial charge on any atom is -0.499 e. The van der Waals surface area contributed by atoms with Gasteiger partial charge in [-0.3, -0.25) is 9.69 Å². The van der Waals surface area contributed by atoms with Gasteiger partial charge in [-0.1, -0.05) is 51.8 Å². The van der Waals surface area contributed by atoms with Gasteiger partial charge < -0.3 is 20.4 Å². The molecule has 0 fully saturated rings. The molecular formula is C37H47N7O2. The number of amidine groups is 1. The predicted molar refractivity (Wildman–Crippen MR) is 189 cm³/mol. The number of aliphatic imine (C=N–C) groups is 1. The van der Waals surface area contributed by atoms with E-state index in [1.54, 1.807) is 11.1 Å². The lowest BCUT2D eigenvalue weighted by molar-refractivity contribution is 0.0985. The van der Waals surface area contributed by atoms with E-state index in [0.29, 0.717) is 49.1 Å². The van der Waals surface area contributed by atoms with Crippen LogP contribution < -0.4 is 16.0 Å². The number of ether oxygens (including phenoxy) is 1. The van der Waals surface area contributed by atoms with Crippen LogP contribution in [0.25, 0.3) is 11.0 Å². The molecule has 9 heteroatoms. The highest BCUT2D eigenvalue weighted by molar-refractivity contribution is 6.07.